The molecule has 2 nitrogen and oxygen atoms in total. The van der Waals surface area contributed by atoms with Gasteiger partial charge in [0.2, 0.25) is 0 Å². The van der Waals surface area contributed by atoms with E-state index < -0.39 is 0 Å². The fourth-order valence-corrected chi connectivity index (χ4v) is 2.17. The molecule has 0 bridgehead atoms. The van der Waals surface area contributed by atoms with Gasteiger partial charge in [0.05, 0.1) is 6.20 Å². The van der Waals surface area contributed by atoms with Crippen LogP contribution in [0.4, 0.5) is 4.39 Å². The maximum absolute atomic E-state index is 13.1. The quantitative estimate of drug-likeness (QED) is 0.765. The Balaban J connectivity index is 2.16. The van der Waals surface area contributed by atoms with Crippen LogP contribution >= 0.6 is 11.6 Å². The van der Waals surface area contributed by atoms with Crippen LogP contribution in [0.25, 0.3) is 0 Å². The van der Waals surface area contributed by atoms with Crippen molar-refractivity contribution in [3.05, 3.63) is 53.6 Å². The molecule has 0 aliphatic heterocycles. The molecule has 90 valence electrons. The second-order valence-electron chi connectivity index (χ2n) is 4.13. The molecule has 1 heterocycles. The summed E-state index contributed by atoms with van der Waals surface area (Å²) in [5, 5.41) is 4.11. The first kappa shape index (κ1) is 12.1. The fourth-order valence-electron chi connectivity index (χ4n) is 1.88. The molecule has 0 spiro atoms. The molecule has 2 rings (SSSR count). The van der Waals surface area contributed by atoms with E-state index in [9.17, 15) is 4.39 Å². The van der Waals surface area contributed by atoms with Crippen molar-refractivity contribution < 1.29 is 4.39 Å². The van der Waals surface area contributed by atoms with Crippen LogP contribution in [0.2, 0.25) is 0 Å². The third-order valence-corrected chi connectivity index (χ3v) is 3.12. The molecule has 0 aliphatic carbocycles. The Hall–Kier alpha value is -1.35. The maximum atomic E-state index is 13.1. The summed E-state index contributed by atoms with van der Waals surface area (Å²) < 4.78 is 14.9. The molecule has 1 atom stereocenters. The lowest BCUT2D eigenvalue weighted by molar-refractivity contribution is 0.621. The molecular weight excluding hydrogens is 239 g/mol. The average molecular weight is 253 g/mol. The van der Waals surface area contributed by atoms with Gasteiger partial charge in [0.1, 0.15) is 5.82 Å². The second kappa shape index (κ2) is 5.32. The van der Waals surface area contributed by atoms with Gasteiger partial charge in [-0.2, -0.15) is 5.10 Å². The lowest BCUT2D eigenvalue weighted by Crippen LogP contribution is -2.04. The Morgan fingerprint density at radius 3 is 2.88 bits per heavy atom. The molecule has 1 aromatic carbocycles. The Morgan fingerprint density at radius 2 is 2.29 bits per heavy atom. The zero-order valence-electron chi connectivity index (χ0n) is 9.61. The van der Waals surface area contributed by atoms with E-state index in [1.165, 1.54) is 6.07 Å². The monoisotopic (exact) mass is 252 g/mol. The van der Waals surface area contributed by atoms with E-state index in [1.807, 2.05) is 25.5 Å². The number of nitrogens with zero attached hydrogens (tertiary/aromatic N) is 2. The highest BCUT2D eigenvalue weighted by molar-refractivity contribution is 6.18. The molecule has 2 aromatic rings. The SMILES string of the molecule is Cn1cc(CC(CCl)c2cccc(F)c2)cn1. The molecule has 4 heteroatoms. The molecule has 0 saturated heterocycles. The molecule has 1 aromatic heterocycles. The maximum Gasteiger partial charge on any atom is 0.123 e. The zero-order valence-corrected chi connectivity index (χ0v) is 10.4. The molecule has 1 unspecified atom stereocenters. The van der Waals surface area contributed by atoms with Crippen LogP contribution < -0.4 is 0 Å². The number of aromatic nitrogens is 2. The first-order valence-electron chi connectivity index (χ1n) is 5.48. The standard InChI is InChI=1S/C13H14ClFN2/c1-17-9-10(8-16-17)5-12(7-14)11-3-2-4-13(15)6-11/h2-4,6,8-9,12H,5,7H2,1H3. The normalized spacial score (nSPS) is 12.6. The largest absolute Gasteiger partial charge is 0.276 e. The number of rotatable bonds is 4. The summed E-state index contributed by atoms with van der Waals surface area (Å²) in [5.41, 5.74) is 2.05. The average Bonchev–Trinajstić information content (AvgIpc) is 2.72. The van der Waals surface area contributed by atoms with Gasteiger partial charge in [0.25, 0.3) is 0 Å². The van der Waals surface area contributed by atoms with Gasteiger partial charge in [0.15, 0.2) is 0 Å². The van der Waals surface area contributed by atoms with Gasteiger partial charge in [-0.1, -0.05) is 12.1 Å². The number of aryl methyl sites for hydroxylation is 1. The van der Waals surface area contributed by atoms with Crippen LogP contribution in [-0.2, 0) is 13.5 Å². The summed E-state index contributed by atoms with van der Waals surface area (Å²) in [5.74, 6) is 0.374. The molecule has 0 radical (unpaired) electrons. The van der Waals surface area contributed by atoms with Crippen molar-refractivity contribution >= 4 is 11.6 Å². The lowest BCUT2D eigenvalue weighted by Gasteiger charge is -2.13. The highest BCUT2D eigenvalue weighted by atomic mass is 35.5. The highest BCUT2D eigenvalue weighted by Gasteiger charge is 2.12. The molecule has 17 heavy (non-hydrogen) atoms. The predicted octanol–water partition coefficient (Wildman–Crippen LogP) is 3.12. The van der Waals surface area contributed by atoms with Crippen LogP contribution in [0, 0.1) is 5.82 Å². The van der Waals surface area contributed by atoms with Crippen molar-refractivity contribution in [3.63, 3.8) is 0 Å². The van der Waals surface area contributed by atoms with Crippen LogP contribution in [0.3, 0.4) is 0 Å². The second-order valence-corrected chi connectivity index (χ2v) is 4.44. The first-order valence-corrected chi connectivity index (χ1v) is 6.01. The van der Waals surface area contributed by atoms with E-state index in [2.05, 4.69) is 5.10 Å². The number of halogens is 2. The third kappa shape index (κ3) is 3.07. The number of hydrogen-bond acceptors (Lipinski definition) is 1. The minimum absolute atomic E-state index is 0.122. The zero-order chi connectivity index (χ0) is 12.3. The first-order chi connectivity index (χ1) is 8.19. The van der Waals surface area contributed by atoms with E-state index in [4.69, 9.17) is 11.6 Å². The van der Waals surface area contributed by atoms with Crippen LogP contribution in [0.5, 0.6) is 0 Å². The molecular formula is C13H14ClFN2. The van der Waals surface area contributed by atoms with Gasteiger partial charge in [-0.3, -0.25) is 4.68 Å². The Labute approximate surface area is 105 Å². The van der Waals surface area contributed by atoms with E-state index in [0.717, 1.165) is 17.5 Å². The third-order valence-electron chi connectivity index (χ3n) is 2.75. The van der Waals surface area contributed by atoms with Crippen molar-refractivity contribution in [2.24, 2.45) is 7.05 Å². The summed E-state index contributed by atoms with van der Waals surface area (Å²) >= 11 is 5.96. The van der Waals surface area contributed by atoms with Gasteiger partial charge in [0, 0.05) is 25.0 Å². The molecule has 0 aliphatic rings. The smallest absolute Gasteiger partial charge is 0.123 e. The Kier molecular flexibility index (Phi) is 3.79. The van der Waals surface area contributed by atoms with Gasteiger partial charge in [-0.05, 0) is 29.7 Å². The summed E-state index contributed by atoms with van der Waals surface area (Å²) in [6.45, 7) is 0. The topological polar surface area (TPSA) is 17.8 Å². The van der Waals surface area contributed by atoms with Crippen LogP contribution in [0.1, 0.15) is 17.0 Å². The minimum atomic E-state index is -0.219. The van der Waals surface area contributed by atoms with Gasteiger partial charge < -0.3 is 0 Å². The lowest BCUT2D eigenvalue weighted by atomic mass is 9.95. The van der Waals surface area contributed by atoms with E-state index in [-0.39, 0.29) is 11.7 Å². The van der Waals surface area contributed by atoms with Gasteiger partial charge in [-0.15, -0.1) is 11.6 Å². The predicted molar refractivity (Wildman–Crippen MR) is 66.8 cm³/mol. The molecule has 0 saturated carbocycles. The van der Waals surface area contributed by atoms with Crippen molar-refractivity contribution in [1.82, 2.24) is 9.78 Å². The molecule has 0 fully saturated rings. The number of hydrogen-bond donors (Lipinski definition) is 0. The van der Waals surface area contributed by atoms with Crippen molar-refractivity contribution in [3.8, 4) is 0 Å². The van der Waals surface area contributed by atoms with Crippen molar-refractivity contribution in [2.45, 2.75) is 12.3 Å². The van der Waals surface area contributed by atoms with Gasteiger partial charge >= 0.3 is 0 Å². The van der Waals surface area contributed by atoms with Crippen molar-refractivity contribution in [2.75, 3.05) is 5.88 Å². The minimum Gasteiger partial charge on any atom is -0.276 e. The van der Waals surface area contributed by atoms with Crippen LogP contribution in [-0.4, -0.2) is 15.7 Å². The summed E-state index contributed by atoms with van der Waals surface area (Å²) in [6, 6.07) is 6.61. The summed E-state index contributed by atoms with van der Waals surface area (Å²) in [6.07, 6.45) is 4.55. The molecule has 0 N–H and O–H groups in total. The van der Waals surface area contributed by atoms with Gasteiger partial charge in [-0.25, -0.2) is 4.39 Å². The molecule has 0 amide bonds. The Morgan fingerprint density at radius 1 is 1.47 bits per heavy atom. The highest BCUT2D eigenvalue weighted by Crippen LogP contribution is 2.22. The Bertz CT molecular complexity index is 496. The summed E-state index contributed by atoms with van der Waals surface area (Å²) in [7, 11) is 1.88. The van der Waals surface area contributed by atoms with Crippen molar-refractivity contribution in [1.29, 1.82) is 0 Å². The number of alkyl halides is 1. The summed E-state index contributed by atoms with van der Waals surface area (Å²) in [4.78, 5) is 0. The van der Waals surface area contributed by atoms with Crippen LogP contribution in [0.15, 0.2) is 36.7 Å². The van der Waals surface area contributed by atoms with E-state index in [0.29, 0.717) is 5.88 Å². The number of benzene rings is 1. The van der Waals surface area contributed by atoms with E-state index in [1.54, 1.807) is 16.8 Å². The van der Waals surface area contributed by atoms with E-state index >= 15 is 0 Å². The fraction of sp³-hybridized carbons (Fsp3) is 0.308.